The first-order valence-corrected chi connectivity index (χ1v) is 8.99. The molecule has 0 saturated heterocycles. The van der Waals surface area contributed by atoms with Crippen LogP contribution in [-0.2, 0) is 17.8 Å². The van der Waals surface area contributed by atoms with E-state index in [0.29, 0.717) is 0 Å². The second kappa shape index (κ2) is 6.27. The van der Waals surface area contributed by atoms with Crippen LogP contribution in [0.25, 0.3) is 10.9 Å². The Labute approximate surface area is 152 Å². The summed E-state index contributed by atoms with van der Waals surface area (Å²) in [6.45, 7) is 0.740. The van der Waals surface area contributed by atoms with Crippen molar-refractivity contribution >= 4 is 41.8 Å². The number of carboxylic acid groups (broad SMARTS) is 1. The van der Waals surface area contributed by atoms with Crippen molar-refractivity contribution in [1.82, 2.24) is 4.57 Å². The molecule has 0 saturated carbocycles. The number of aliphatic carboxylic acids is 1. The van der Waals surface area contributed by atoms with Gasteiger partial charge in [-0.15, -0.1) is 0 Å². The van der Waals surface area contributed by atoms with Crippen molar-refractivity contribution in [2.24, 2.45) is 0 Å². The molecule has 25 heavy (non-hydrogen) atoms. The molecule has 5 heteroatoms. The van der Waals surface area contributed by atoms with E-state index in [4.69, 9.17) is 11.6 Å². The highest BCUT2D eigenvalue weighted by Gasteiger charge is 2.31. The summed E-state index contributed by atoms with van der Waals surface area (Å²) in [7, 11) is 2.13. The molecule has 1 aromatic heterocycles. The van der Waals surface area contributed by atoms with Crippen LogP contribution in [0.3, 0.4) is 0 Å². The number of aryl methyl sites for hydroxylation is 1. The number of rotatable bonds is 4. The first-order chi connectivity index (χ1) is 12.0. The Balaban J connectivity index is 1.89. The van der Waals surface area contributed by atoms with E-state index in [1.54, 1.807) is 0 Å². The highest BCUT2D eigenvalue weighted by atomic mass is 35.5. The van der Waals surface area contributed by atoms with Crippen LogP contribution in [0.4, 0.5) is 0 Å². The minimum Gasteiger partial charge on any atom is -0.481 e. The Morgan fingerprint density at radius 2 is 2.00 bits per heavy atom. The summed E-state index contributed by atoms with van der Waals surface area (Å²) in [4.78, 5) is 11.3. The number of halogens is 1. The number of para-hydroxylation sites is 1. The fraction of sp³-hybridized carbons (Fsp3) is 0.250. The lowest BCUT2D eigenvalue weighted by atomic mass is 9.93. The molecule has 126 valence electrons. The van der Waals surface area contributed by atoms with Crippen molar-refractivity contribution in [2.45, 2.75) is 31.7 Å². The molecule has 3 aromatic rings. The topological polar surface area (TPSA) is 42.2 Å². The average molecular weight is 352 g/mol. The van der Waals surface area contributed by atoms with Crippen molar-refractivity contribution in [3.63, 3.8) is 0 Å². The van der Waals surface area contributed by atoms with Crippen LogP contribution in [0.15, 0.2) is 42.5 Å². The summed E-state index contributed by atoms with van der Waals surface area (Å²) < 4.78 is 2.34. The zero-order valence-corrected chi connectivity index (χ0v) is 14.9. The molecular weight excluding hydrogens is 332 g/mol. The monoisotopic (exact) mass is 351 g/mol. The summed E-state index contributed by atoms with van der Waals surface area (Å²) in [6, 6.07) is 14.3. The van der Waals surface area contributed by atoms with Gasteiger partial charge < -0.3 is 9.67 Å². The molecule has 0 aliphatic heterocycles. The number of carboxylic acids is 1. The molecule has 1 heterocycles. The van der Waals surface area contributed by atoms with Crippen LogP contribution in [-0.4, -0.2) is 23.5 Å². The van der Waals surface area contributed by atoms with Crippen molar-refractivity contribution in [1.29, 1.82) is 0 Å². The summed E-state index contributed by atoms with van der Waals surface area (Å²) >= 11 is 6.02. The SMILES string of the molecule is Bc1cccc2c3c(n(Cc4ccc(Cl)cc4)c12)[C@@H](CC(=O)O)CC3. The first-order valence-electron chi connectivity index (χ1n) is 8.61. The van der Waals surface area contributed by atoms with E-state index in [1.807, 2.05) is 24.3 Å². The van der Waals surface area contributed by atoms with E-state index in [9.17, 15) is 9.90 Å². The van der Waals surface area contributed by atoms with E-state index < -0.39 is 5.97 Å². The van der Waals surface area contributed by atoms with Crippen LogP contribution < -0.4 is 5.46 Å². The number of hydrogen-bond acceptors (Lipinski definition) is 1. The van der Waals surface area contributed by atoms with Crippen LogP contribution in [0.5, 0.6) is 0 Å². The molecule has 0 amide bonds. The maximum atomic E-state index is 11.3. The van der Waals surface area contributed by atoms with E-state index in [-0.39, 0.29) is 12.3 Å². The normalized spacial score (nSPS) is 16.3. The lowest BCUT2D eigenvalue weighted by Gasteiger charge is -2.16. The van der Waals surface area contributed by atoms with E-state index in [0.717, 1.165) is 24.4 Å². The summed E-state index contributed by atoms with van der Waals surface area (Å²) in [5.41, 5.74) is 6.18. The molecule has 1 N–H and O–H groups in total. The van der Waals surface area contributed by atoms with Crippen molar-refractivity contribution in [3.05, 3.63) is 64.3 Å². The van der Waals surface area contributed by atoms with Gasteiger partial charge in [0.15, 0.2) is 0 Å². The minimum absolute atomic E-state index is 0.0894. The minimum atomic E-state index is -0.724. The fourth-order valence-electron chi connectivity index (χ4n) is 4.21. The molecule has 0 fully saturated rings. The fourth-order valence-corrected chi connectivity index (χ4v) is 4.34. The molecule has 3 nitrogen and oxygen atoms in total. The predicted molar refractivity (Wildman–Crippen MR) is 104 cm³/mol. The molecule has 0 radical (unpaired) electrons. The third-order valence-electron chi connectivity index (χ3n) is 5.24. The summed E-state index contributed by atoms with van der Waals surface area (Å²) in [5.74, 6) is -0.635. The third-order valence-corrected chi connectivity index (χ3v) is 5.49. The first kappa shape index (κ1) is 16.3. The standard InChI is InChI=1S/C20H19BClNO2/c21-17-3-1-2-15-16-9-6-13(10-18(24)25)19(16)23(20(15)17)11-12-4-7-14(22)8-5-12/h1-5,7-8,13H,6,9-11,21H2,(H,24,25)/t13-/m1/s1. The Hall–Kier alpha value is -2.20. The smallest absolute Gasteiger partial charge is 0.304 e. The van der Waals surface area contributed by atoms with Gasteiger partial charge in [0.25, 0.3) is 0 Å². The van der Waals surface area contributed by atoms with E-state index >= 15 is 0 Å². The predicted octanol–water partition coefficient (Wildman–Crippen LogP) is 3.11. The van der Waals surface area contributed by atoms with Gasteiger partial charge in [0.05, 0.1) is 6.42 Å². The lowest BCUT2D eigenvalue weighted by molar-refractivity contribution is -0.137. The lowest BCUT2D eigenvalue weighted by Crippen LogP contribution is -2.14. The van der Waals surface area contributed by atoms with Gasteiger partial charge in [-0.2, -0.15) is 0 Å². The van der Waals surface area contributed by atoms with Gasteiger partial charge in [-0.1, -0.05) is 47.4 Å². The van der Waals surface area contributed by atoms with E-state index in [1.165, 1.54) is 33.2 Å². The van der Waals surface area contributed by atoms with Gasteiger partial charge in [-0.25, -0.2) is 0 Å². The molecule has 0 unspecified atom stereocenters. The van der Waals surface area contributed by atoms with Gasteiger partial charge in [-0.05, 0) is 36.1 Å². The summed E-state index contributed by atoms with van der Waals surface area (Å²) in [5, 5.41) is 11.3. The molecule has 1 aliphatic rings. The third kappa shape index (κ3) is 2.85. The van der Waals surface area contributed by atoms with Gasteiger partial charge in [-0.3, -0.25) is 4.79 Å². The van der Waals surface area contributed by atoms with Crippen LogP contribution in [0.1, 0.15) is 35.6 Å². The van der Waals surface area contributed by atoms with Gasteiger partial charge in [0.1, 0.15) is 7.85 Å². The van der Waals surface area contributed by atoms with Crippen LogP contribution in [0, 0.1) is 0 Å². The van der Waals surface area contributed by atoms with Gasteiger partial charge >= 0.3 is 5.97 Å². The Morgan fingerprint density at radius 3 is 2.72 bits per heavy atom. The molecule has 0 spiro atoms. The Kier molecular flexibility index (Phi) is 4.08. The van der Waals surface area contributed by atoms with Crippen LogP contribution >= 0.6 is 11.6 Å². The molecule has 0 bridgehead atoms. The number of carbonyl (C=O) groups is 1. The molecule has 1 atom stereocenters. The maximum absolute atomic E-state index is 11.3. The van der Waals surface area contributed by atoms with Crippen molar-refractivity contribution in [3.8, 4) is 0 Å². The van der Waals surface area contributed by atoms with Gasteiger partial charge in [0.2, 0.25) is 0 Å². The number of hydrogen-bond donors (Lipinski definition) is 1. The zero-order valence-electron chi connectivity index (χ0n) is 14.1. The molecule has 2 aromatic carbocycles. The van der Waals surface area contributed by atoms with Crippen molar-refractivity contribution in [2.75, 3.05) is 0 Å². The zero-order chi connectivity index (χ0) is 17.6. The average Bonchev–Trinajstić information content (AvgIpc) is 3.10. The Morgan fingerprint density at radius 1 is 1.24 bits per heavy atom. The second-order valence-electron chi connectivity index (χ2n) is 6.88. The second-order valence-corrected chi connectivity index (χ2v) is 7.32. The van der Waals surface area contributed by atoms with Crippen LogP contribution in [0.2, 0.25) is 5.02 Å². The number of benzene rings is 2. The highest BCUT2D eigenvalue weighted by molar-refractivity contribution is 6.38. The number of nitrogens with zero attached hydrogens (tertiary/aromatic N) is 1. The van der Waals surface area contributed by atoms with E-state index in [2.05, 4.69) is 30.6 Å². The van der Waals surface area contributed by atoms with Crippen molar-refractivity contribution < 1.29 is 9.90 Å². The molecule has 4 rings (SSSR count). The van der Waals surface area contributed by atoms with Gasteiger partial charge in [0, 0.05) is 34.1 Å². The molecular formula is C20H19BClNO2. The number of aromatic nitrogens is 1. The maximum Gasteiger partial charge on any atom is 0.304 e. The Bertz CT molecular complexity index is 962. The highest BCUT2D eigenvalue weighted by Crippen LogP contribution is 2.41. The largest absolute Gasteiger partial charge is 0.481 e. The quantitative estimate of drug-likeness (QED) is 0.734. The molecule has 1 aliphatic carbocycles. The number of fused-ring (bicyclic) bond motifs is 3. The summed E-state index contributed by atoms with van der Waals surface area (Å²) in [6.07, 6.45) is 2.07.